The van der Waals surface area contributed by atoms with Crippen LogP contribution < -0.4 is 5.32 Å². The van der Waals surface area contributed by atoms with Gasteiger partial charge < -0.3 is 4.74 Å². The van der Waals surface area contributed by atoms with Crippen molar-refractivity contribution in [1.29, 1.82) is 0 Å². The molecule has 0 fully saturated rings. The zero-order valence-electron chi connectivity index (χ0n) is 15.6. The maximum atomic E-state index is 12.9. The smallest absolute Gasteiger partial charge is 0.412 e. The highest BCUT2D eigenvalue weighted by molar-refractivity contribution is 6.30. The summed E-state index contributed by atoms with van der Waals surface area (Å²) in [6, 6.07) is 10.4. The summed E-state index contributed by atoms with van der Waals surface area (Å²) in [5, 5.41) is 3.17. The number of halogens is 1. The lowest BCUT2D eigenvalue weighted by Gasteiger charge is -2.23. The highest BCUT2D eigenvalue weighted by Gasteiger charge is 2.31. The Morgan fingerprint density at radius 2 is 1.77 bits per heavy atom. The van der Waals surface area contributed by atoms with Crippen LogP contribution in [0.25, 0.3) is 0 Å². The van der Waals surface area contributed by atoms with Crippen LogP contribution in [0.2, 0.25) is 5.02 Å². The molecule has 0 saturated carbocycles. The summed E-state index contributed by atoms with van der Waals surface area (Å²) in [6.07, 6.45) is 0.864. The molecule has 0 spiro atoms. The SMILES string of the molecule is CC(C)(C)OC(=O)Nc1ccc(C(=O)C(C)(C)c2cccc(Cl)c2)nc1. The van der Waals surface area contributed by atoms with Gasteiger partial charge in [-0.15, -0.1) is 0 Å². The summed E-state index contributed by atoms with van der Waals surface area (Å²) in [7, 11) is 0. The summed E-state index contributed by atoms with van der Waals surface area (Å²) in [5.41, 5.74) is 0.209. The molecule has 26 heavy (non-hydrogen) atoms. The van der Waals surface area contributed by atoms with Crippen molar-refractivity contribution in [2.75, 3.05) is 5.32 Å². The Kier molecular flexibility index (Phi) is 5.71. The van der Waals surface area contributed by atoms with E-state index in [9.17, 15) is 9.59 Å². The molecular formula is C20H23ClN2O3. The molecule has 0 unspecified atom stereocenters. The monoisotopic (exact) mass is 374 g/mol. The van der Waals surface area contributed by atoms with Crippen LogP contribution in [0.3, 0.4) is 0 Å². The van der Waals surface area contributed by atoms with E-state index >= 15 is 0 Å². The quantitative estimate of drug-likeness (QED) is 0.743. The van der Waals surface area contributed by atoms with E-state index in [0.717, 1.165) is 5.56 Å². The molecule has 0 atom stereocenters. The van der Waals surface area contributed by atoms with Crippen molar-refractivity contribution in [3.8, 4) is 0 Å². The van der Waals surface area contributed by atoms with Crippen LogP contribution in [0.4, 0.5) is 10.5 Å². The fourth-order valence-corrected chi connectivity index (χ4v) is 2.54. The molecule has 5 nitrogen and oxygen atoms in total. The van der Waals surface area contributed by atoms with Crippen molar-refractivity contribution < 1.29 is 14.3 Å². The van der Waals surface area contributed by atoms with E-state index in [4.69, 9.17) is 16.3 Å². The van der Waals surface area contributed by atoms with E-state index < -0.39 is 17.1 Å². The second-order valence-electron chi connectivity index (χ2n) is 7.52. The van der Waals surface area contributed by atoms with Crippen LogP contribution >= 0.6 is 11.6 Å². The molecule has 0 aliphatic heterocycles. The molecule has 1 N–H and O–H groups in total. The van der Waals surface area contributed by atoms with Gasteiger partial charge in [-0.25, -0.2) is 4.79 Å². The molecule has 2 aromatic rings. The number of ketones is 1. The number of anilines is 1. The van der Waals surface area contributed by atoms with E-state index in [-0.39, 0.29) is 5.78 Å². The predicted octanol–water partition coefficient (Wildman–Crippen LogP) is 5.24. The minimum atomic E-state index is -0.780. The zero-order valence-corrected chi connectivity index (χ0v) is 16.3. The minimum Gasteiger partial charge on any atom is -0.444 e. The predicted molar refractivity (Wildman–Crippen MR) is 103 cm³/mol. The Balaban J connectivity index is 2.14. The van der Waals surface area contributed by atoms with Gasteiger partial charge in [0, 0.05) is 5.02 Å². The highest BCUT2D eigenvalue weighted by atomic mass is 35.5. The van der Waals surface area contributed by atoms with Gasteiger partial charge in [-0.1, -0.05) is 23.7 Å². The molecule has 1 amide bonds. The van der Waals surface area contributed by atoms with Gasteiger partial charge in [0.1, 0.15) is 11.3 Å². The van der Waals surface area contributed by atoms with Crippen molar-refractivity contribution >= 4 is 29.2 Å². The van der Waals surface area contributed by atoms with E-state index in [1.165, 1.54) is 6.20 Å². The second kappa shape index (κ2) is 7.46. The summed E-state index contributed by atoms with van der Waals surface area (Å²) in [4.78, 5) is 28.9. The first-order chi connectivity index (χ1) is 12.0. The summed E-state index contributed by atoms with van der Waals surface area (Å²) in [6.45, 7) is 9.00. The number of aromatic nitrogens is 1. The summed E-state index contributed by atoms with van der Waals surface area (Å²) >= 11 is 6.04. The van der Waals surface area contributed by atoms with Crippen molar-refractivity contribution in [3.05, 3.63) is 58.9 Å². The number of amides is 1. The van der Waals surface area contributed by atoms with Gasteiger partial charge in [0.15, 0.2) is 5.78 Å². The molecule has 0 aliphatic rings. The number of benzene rings is 1. The third kappa shape index (κ3) is 5.05. The van der Waals surface area contributed by atoms with Gasteiger partial charge in [-0.05, 0) is 64.4 Å². The van der Waals surface area contributed by atoms with Crippen molar-refractivity contribution in [3.63, 3.8) is 0 Å². The fraction of sp³-hybridized carbons (Fsp3) is 0.350. The number of Topliss-reactive ketones (excluding diaryl/α,β-unsaturated/α-hetero) is 1. The van der Waals surface area contributed by atoms with Crippen LogP contribution in [0.1, 0.15) is 50.7 Å². The number of carbonyl (C=O) groups excluding carboxylic acids is 2. The number of ether oxygens (including phenoxy) is 1. The van der Waals surface area contributed by atoms with Crippen LogP contribution in [-0.4, -0.2) is 22.5 Å². The van der Waals surface area contributed by atoms with Gasteiger partial charge in [-0.3, -0.25) is 15.1 Å². The van der Waals surface area contributed by atoms with Crippen LogP contribution in [0.5, 0.6) is 0 Å². The molecule has 2 rings (SSSR count). The second-order valence-corrected chi connectivity index (χ2v) is 7.96. The Bertz CT molecular complexity index is 809. The number of nitrogens with one attached hydrogen (secondary N) is 1. The Labute approximate surface area is 158 Å². The first kappa shape index (κ1) is 19.9. The molecule has 1 aromatic heterocycles. The summed E-state index contributed by atoms with van der Waals surface area (Å²) in [5.74, 6) is -0.136. The largest absolute Gasteiger partial charge is 0.444 e. The van der Waals surface area contributed by atoms with Crippen molar-refractivity contribution in [2.24, 2.45) is 0 Å². The zero-order chi connectivity index (χ0) is 19.5. The third-order valence-corrected chi connectivity index (χ3v) is 3.99. The van der Waals surface area contributed by atoms with E-state index in [0.29, 0.717) is 16.4 Å². The lowest BCUT2D eigenvalue weighted by molar-refractivity contribution is 0.0635. The standard InChI is InChI=1S/C20H23ClN2O3/c1-19(2,3)26-18(25)23-15-9-10-16(22-12-15)17(24)20(4,5)13-7-6-8-14(21)11-13/h6-12H,1-5H3,(H,23,25). The van der Waals surface area contributed by atoms with Crippen LogP contribution in [0, 0.1) is 0 Å². The Morgan fingerprint density at radius 1 is 1.08 bits per heavy atom. The van der Waals surface area contributed by atoms with Crippen molar-refractivity contribution in [2.45, 2.75) is 45.6 Å². The van der Waals surface area contributed by atoms with Gasteiger partial charge in [-0.2, -0.15) is 0 Å². The molecule has 6 heteroatoms. The number of carbonyl (C=O) groups is 2. The van der Waals surface area contributed by atoms with Gasteiger partial charge in [0.25, 0.3) is 0 Å². The number of hydrogen-bond donors (Lipinski definition) is 1. The number of hydrogen-bond acceptors (Lipinski definition) is 4. The molecular weight excluding hydrogens is 352 g/mol. The topological polar surface area (TPSA) is 68.3 Å². The number of rotatable bonds is 4. The summed E-state index contributed by atoms with van der Waals surface area (Å²) < 4.78 is 5.19. The normalized spacial score (nSPS) is 11.8. The Morgan fingerprint density at radius 3 is 2.31 bits per heavy atom. The molecule has 1 heterocycles. The maximum Gasteiger partial charge on any atom is 0.412 e. The van der Waals surface area contributed by atoms with E-state index in [1.54, 1.807) is 45.0 Å². The van der Waals surface area contributed by atoms with E-state index in [2.05, 4.69) is 10.3 Å². The average Bonchev–Trinajstić information content (AvgIpc) is 2.53. The highest BCUT2D eigenvalue weighted by Crippen LogP contribution is 2.29. The first-order valence-corrected chi connectivity index (χ1v) is 8.64. The third-order valence-electron chi connectivity index (χ3n) is 3.76. The first-order valence-electron chi connectivity index (χ1n) is 8.26. The molecule has 0 bridgehead atoms. The molecule has 1 aromatic carbocycles. The van der Waals surface area contributed by atoms with Gasteiger partial charge in [0.05, 0.1) is 17.3 Å². The number of nitrogens with zero attached hydrogens (tertiary/aromatic N) is 1. The lowest BCUT2D eigenvalue weighted by atomic mass is 9.79. The maximum absolute atomic E-state index is 12.9. The fourth-order valence-electron chi connectivity index (χ4n) is 2.35. The van der Waals surface area contributed by atoms with Crippen LogP contribution in [0.15, 0.2) is 42.6 Å². The van der Waals surface area contributed by atoms with Gasteiger partial charge in [0.2, 0.25) is 0 Å². The molecule has 0 saturated heterocycles. The van der Waals surface area contributed by atoms with E-state index in [1.807, 2.05) is 26.0 Å². The molecule has 0 aliphatic carbocycles. The average molecular weight is 375 g/mol. The Hall–Kier alpha value is -2.40. The van der Waals surface area contributed by atoms with Crippen molar-refractivity contribution in [1.82, 2.24) is 4.98 Å². The molecule has 0 radical (unpaired) electrons. The van der Waals surface area contributed by atoms with Crippen LogP contribution in [-0.2, 0) is 10.2 Å². The number of pyridine rings is 1. The lowest BCUT2D eigenvalue weighted by Crippen LogP contribution is -2.30. The van der Waals surface area contributed by atoms with Gasteiger partial charge >= 0.3 is 6.09 Å². The molecule has 138 valence electrons. The minimum absolute atomic E-state index is 0.136.